The zero-order valence-electron chi connectivity index (χ0n) is 12.3. The van der Waals surface area contributed by atoms with Crippen molar-refractivity contribution >= 4 is 22.8 Å². The van der Waals surface area contributed by atoms with Crippen molar-refractivity contribution in [2.45, 2.75) is 57.9 Å². The smallest absolute Gasteiger partial charge is 0.160 e. The summed E-state index contributed by atoms with van der Waals surface area (Å²) in [6, 6.07) is 2.51. The van der Waals surface area contributed by atoms with Gasteiger partial charge in [-0.2, -0.15) is 0 Å². The molecule has 3 rings (SSSR count). The van der Waals surface area contributed by atoms with Crippen LogP contribution >= 0.6 is 11.6 Å². The Morgan fingerprint density at radius 1 is 1.30 bits per heavy atom. The van der Waals surface area contributed by atoms with Crippen molar-refractivity contribution < 1.29 is 0 Å². The van der Waals surface area contributed by atoms with E-state index in [-0.39, 0.29) is 0 Å². The fraction of sp³-hybridized carbons (Fsp3) is 0.625. The van der Waals surface area contributed by atoms with E-state index in [0.717, 1.165) is 17.0 Å². The molecule has 0 N–H and O–H groups in total. The monoisotopic (exact) mass is 291 g/mol. The lowest BCUT2D eigenvalue weighted by atomic mass is 9.96. The van der Waals surface area contributed by atoms with Crippen molar-refractivity contribution in [3.8, 4) is 0 Å². The van der Waals surface area contributed by atoms with E-state index < -0.39 is 0 Å². The molecule has 0 saturated heterocycles. The highest BCUT2D eigenvalue weighted by Crippen LogP contribution is 2.35. The topological polar surface area (TPSA) is 30.7 Å². The van der Waals surface area contributed by atoms with E-state index in [1.165, 1.54) is 37.7 Å². The molecule has 108 valence electrons. The molecule has 2 atom stereocenters. The lowest BCUT2D eigenvalue weighted by Crippen LogP contribution is -2.18. The van der Waals surface area contributed by atoms with Crippen molar-refractivity contribution in [2.75, 3.05) is 0 Å². The minimum Gasteiger partial charge on any atom is -0.308 e. The summed E-state index contributed by atoms with van der Waals surface area (Å²) in [5.41, 5.74) is 3.21. The lowest BCUT2D eigenvalue weighted by Gasteiger charge is -2.25. The van der Waals surface area contributed by atoms with E-state index in [1.54, 1.807) is 0 Å². The summed E-state index contributed by atoms with van der Waals surface area (Å²) in [6.45, 7) is 4.45. The van der Waals surface area contributed by atoms with Crippen LogP contribution in [-0.2, 0) is 5.88 Å². The highest BCUT2D eigenvalue weighted by Gasteiger charge is 2.26. The molecule has 1 aliphatic carbocycles. The van der Waals surface area contributed by atoms with Crippen LogP contribution in [0.2, 0.25) is 0 Å². The summed E-state index contributed by atoms with van der Waals surface area (Å²) in [7, 11) is 0. The standard InChI is InChI=1S/C16H22ClN3/c1-11-6-4-3-5-7-13(11)20-14(10-17)19-15-12(2)8-9-18-16(15)20/h8-9,11,13H,3-7,10H2,1-2H3. The molecule has 0 aromatic carbocycles. The molecule has 0 radical (unpaired) electrons. The van der Waals surface area contributed by atoms with Crippen molar-refractivity contribution in [3.05, 3.63) is 23.7 Å². The van der Waals surface area contributed by atoms with Gasteiger partial charge in [0.2, 0.25) is 0 Å². The van der Waals surface area contributed by atoms with Crippen LogP contribution in [0.1, 0.15) is 56.5 Å². The Labute approximate surface area is 125 Å². The summed E-state index contributed by atoms with van der Waals surface area (Å²) in [5, 5.41) is 0. The number of fused-ring (bicyclic) bond motifs is 1. The van der Waals surface area contributed by atoms with Crippen LogP contribution in [0.25, 0.3) is 11.2 Å². The molecule has 2 unspecified atom stereocenters. The van der Waals surface area contributed by atoms with Gasteiger partial charge in [-0.15, -0.1) is 11.6 Å². The molecule has 2 aromatic heterocycles. The number of aryl methyl sites for hydroxylation is 1. The molecule has 0 aliphatic heterocycles. The maximum absolute atomic E-state index is 6.15. The van der Waals surface area contributed by atoms with Gasteiger partial charge in [-0.05, 0) is 37.3 Å². The van der Waals surface area contributed by atoms with Gasteiger partial charge < -0.3 is 4.57 Å². The Hall–Kier alpha value is -1.09. The largest absolute Gasteiger partial charge is 0.308 e. The van der Waals surface area contributed by atoms with Crippen LogP contribution < -0.4 is 0 Å². The summed E-state index contributed by atoms with van der Waals surface area (Å²) in [5.74, 6) is 2.10. The first-order valence-electron chi connectivity index (χ1n) is 7.60. The summed E-state index contributed by atoms with van der Waals surface area (Å²) < 4.78 is 2.32. The number of hydrogen-bond acceptors (Lipinski definition) is 2. The van der Waals surface area contributed by atoms with Crippen LogP contribution in [0.15, 0.2) is 12.3 Å². The molecule has 0 spiro atoms. The molecule has 1 saturated carbocycles. The fourth-order valence-corrected chi connectivity index (χ4v) is 3.64. The first kappa shape index (κ1) is 13.9. The number of pyridine rings is 1. The molecule has 3 nitrogen and oxygen atoms in total. The van der Waals surface area contributed by atoms with Gasteiger partial charge in [0.1, 0.15) is 11.3 Å². The van der Waals surface area contributed by atoms with E-state index in [2.05, 4.69) is 23.4 Å². The number of rotatable bonds is 2. The third kappa shape index (κ3) is 2.32. The molecule has 2 heterocycles. The van der Waals surface area contributed by atoms with Crippen LogP contribution in [-0.4, -0.2) is 14.5 Å². The maximum atomic E-state index is 6.15. The van der Waals surface area contributed by atoms with E-state index in [1.807, 2.05) is 12.3 Å². The Morgan fingerprint density at radius 3 is 2.90 bits per heavy atom. The van der Waals surface area contributed by atoms with Crippen LogP contribution in [0.5, 0.6) is 0 Å². The molecule has 1 fully saturated rings. The average Bonchev–Trinajstić information content (AvgIpc) is 2.70. The van der Waals surface area contributed by atoms with Crippen LogP contribution in [0.4, 0.5) is 0 Å². The zero-order chi connectivity index (χ0) is 14.1. The first-order chi connectivity index (χ1) is 9.72. The van der Waals surface area contributed by atoms with Gasteiger partial charge >= 0.3 is 0 Å². The van der Waals surface area contributed by atoms with Crippen LogP contribution in [0, 0.1) is 12.8 Å². The second kappa shape index (κ2) is 5.72. The summed E-state index contributed by atoms with van der Waals surface area (Å²) in [6.07, 6.45) is 8.37. The van der Waals surface area contributed by atoms with Gasteiger partial charge in [-0.1, -0.05) is 26.2 Å². The number of imidazole rings is 1. The highest BCUT2D eigenvalue weighted by molar-refractivity contribution is 6.16. The van der Waals surface area contributed by atoms with E-state index >= 15 is 0 Å². The van der Waals surface area contributed by atoms with Gasteiger partial charge in [0.25, 0.3) is 0 Å². The second-order valence-electron chi connectivity index (χ2n) is 6.01. The normalized spacial score (nSPS) is 23.9. The summed E-state index contributed by atoms with van der Waals surface area (Å²) in [4.78, 5) is 9.33. The SMILES string of the molecule is Cc1ccnc2c1nc(CCl)n2C1CCCCCC1C. The van der Waals surface area contributed by atoms with Gasteiger partial charge in [-0.25, -0.2) is 9.97 Å². The minimum atomic E-state index is 0.457. The van der Waals surface area contributed by atoms with Crippen LogP contribution in [0.3, 0.4) is 0 Å². The van der Waals surface area contributed by atoms with Gasteiger partial charge in [0.15, 0.2) is 5.65 Å². The van der Waals surface area contributed by atoms with Gasteiger partial charge in [0, 0.05) is 12.2 Å². The fourth-order valence-electron chi connectivity index (χ4n) is 3.46. The molecule has 0 bridgehead atoms. The average molecular weight is 292 g/mol. The molecular weight excluding hydrogens is 270 g/mol. The van der Waals surface area contributed by atoms with Gasteiger partial charge in [-0.3, -0.25) is 0 Å². The Morgan fingerprint density at radius 2 is 2.10 bits per heavy atom. The van der Waals surface area contributed by atoms with E-state index in [9.17, 15) is 0 Å². The van der Waals surface area contributed by atoms with Crippen molar-refractivity contribution in [2.24, 2.45) is 5.92 Å². The Kier molecular flexibility index (Phi) is 3.97. The second-order valence-corrected chi connectivity index (χ2v) is 6.28. The molecule has 20 heavy (non-hydrogen) atoms. The maximum Gasteiger partial charge on any atom is 0.160 e. The molecule has 1 aliphatic rings. The molecule has 0 amide bonds. The van der Waals surface area contributed by atoms with Crippen molar-refractivity contribution in [1.29, 1.82) is 0 Å². The van der Waals surface area contributed by atoms with Crippen molar-refractivity contribution in [3.63, 3.8) is 0 Å². The van der Waals surface area contributed by atoms with Crippen molar-refractivity contribution in [1.82, 2.24) is 14.5 Å². The number of hydrogen-bond donors (Lipinski definition) is 0. The third-order valence-electron chi connectivity index (χ3n) is 4.62. The highest BCUT2D eigenvalue weighted by atomic mass is 35.5. The number of halogens is 1. The minimum absolute atomic E-state index is 0.457. The first-order valence-corrected chi connectivity index (χ1v) is 8.14. The number of aromatic nitrogens is 3. The Balaban J connectivity index is 2.15. The zero-order valence-corrected chi connectivity index (χ0v) is 13.0. The summed E-state index contributed by atoms with van der Waals surface area (Å²) >= 11 is 6.15. The quantitative estimate of drug-likeness (QED) is 0.597. The van der Waals surface area contributed by atoms with Gasteiger partial charge in [0.05, 0.1) is 5.88 Å². The third-order valence-corrected chi connectivity index (χ3v) is 4.86. The molecule has 2 aromatic rings. The predicted octanol–water partition coefficient (Wildman–Crippen LogP) is 4.62. The lowest BCUT2D eigenvalue weighted by molar-refractivity contribution is 0.334. The predicted molar refractivity (Wildman–Crippen MR) is 83.1 cm³/mol. The number of alkyl halides is 1. The van der Waals surface area contributed by atoms with E-state index in [0.29, 0.717) is 17.8 Å². The molecular formula is C16H22ClN3. The van der Waals surface area contributed by atoms with E-state index in [4.69, 9.17) is 16.6 Å². The number of nitrogens with zero attached hydrogens (tertiary/aromatic N) is 3. The Bertz CT molecular complexity index is 605. The molecule has 4 heteroatoms.